The molecule has 2 N–H and O–H groups in total. The van der Waals surface area contributed by atoms with Gasteiger partial charge in [-0.2, -0.15) is 0 Å². The van der Waals surface area contributed by atoms with Gasteiger partial charge >= 0.3 is 0 Å². The van der Waals surface area contributed by atoms with Crippen molar-refractivity contribution in [3.05, 3.63) is 35.4 Å². The van der Waals surface area contributed by atoms with E-state index in [0.29, 0.717) is 6.54 Å². The Kier molecular flexibility index (Phi) is 4.56. The Morgan fingerprint density at radius 1 is 1.37 bits per heavy atom. The predicted octanol–water partition coefficient (Wildman–Crippen LogP) is 0.930. The number of hydrogen-bond acceptors (Lipinski definition) is 3. The summed E-state index contributed by atoms with van der Waals surface area (Å²) in [5.41, 5.74) is 2.69. The fourth-order valence-electron chi connectivity index (χ4n) is 2.41. The molecule has 0 spiro atoms. The zero-order chi connectivity index (χ0) is 13.8. The molecule has 0 radical (unpaired) electrons. The molecule has 2 rings (SSSR count). The molecule has 0 saturated heterocycles. The fraction of sp³-hybridized carbons (Fsp3) is 0.533. The summed E-state index contributed by atoms with van der Waals surface area (Å²) in [7, 11) is 0. The number of nitrogens with zero attached hydrogens (tertiary/aromatic N) is 1. The highest BCUT2D eigenvalue weighted by Crippen LogP contribution is 2.20. The summed E-state index contributed by atoms with van der Waals surface area (Å²) in [6.07, 6.45) is 0.489. The molecule has 2 unspecified atom stereocenters. The minimum atomic E-state index is -0.502. The third-order valence-electron chi connectivity index (χ3n) is 3.66. The average Bonchev–Trinajstić information content (AvgIpc) is 2.43. The van der Waals surface area contributed by atoms with Gasteiger partial charge in [0, 0.05) is 19.6 Å². The molecule has 4 nitrogen and oxygen atoms in total. The lowest BCUT2D eigenvalue weighted by molar-refractivity contribution is -0.126. The molecule has 1 aromatic rings. The van der Waals surface area contributed by atoms with Crippen LogP contribution in [-0.4, -0.2) is 41.1 Å². The molecule has 104 valence electrons. The van der Waals surface area contributed by atoms with Crippen LogP contribution in [0.1, 0.15) is 25.0 Å². The zero-order valence-corrected chi connectivity index (χ0v) is 11.6. The Labute approximate surface area is 114 Å². The maximum Gasteiger partial charge on any atom is 0.237 e. The number of rotatable bonds is 4. The van der Waals surface area contributed by atoms with E-state index in [0.717, 1.165) is 19.5 Å². The number of aliphatic hydroxyl groups is 1. The summed E-state index contributed by atoms with van der Waals surface area (Å²) in [4.78, 5) is 14.2. The number of amides is 1. The molecule has 1 aromatic carbocycles. The van der Waals surface area contributed by atoms with Crippen LogP contribution in [0.4, 0.5) is 0 Å². The van der Waals surface area contributed by atoms with Crippen LogP contribution < -0.4 is 5.32 Å². The summed E-state index contributed by atoms with van der Waals surface area (Å²) < 4.78 is 0. The number of aliphatic hydroxyl groups excluding tert-OH is 1. The maximum atomic E-state index is 12.0. The number of hydrogen-bond donors (Lipinski definition) is 2. The molecular weight excluding hydrogens is 240 g/mol. The highest BCUT2D eigenvalue weighted by molar-refractivity contribution is 5.81. The largest absolute Gasteiger partial charge is 0.392 e. The lowest BCUT2D eigenvalue weighted by Gasteiger charge is -2.33. The van der Waals surface area contributed by atoms with E-state index < -0.39 is 6.10 Å². The topological polar surface area (TPSA) is 52.6 Å². The number of nitrogens with one attached hydrogen (secondary N) is 1. The summed E-state index contributed by atoms with van der Waals surface area (Å²) in [5, 5.41) is 12.0. The van der Waals surface area contributed by atoms with Gasteiger partial charge in [-0.3, -0.25) is 9.69 Å². The number of fused-ring (bicyclic) bond motifs is 1. The Bertz CT molecular complexity index is 446. The van der Waals surface area contributed by atoms with Gasteiger partial charge in [0.15, 0.2) is 0 Å². The van der Waals surface area contributed by atoms with E-state index in [1.165, 1.54) is 11.1 Å². The van der Waals surface area contributed by atoms with Crippen molar-refractivity contribution in [1.29, 1.82) is 0 Å². The number of carbonyl (C=O) groups excluding carboxylic acids is 1. The van der Waals surface area contributed by atoms with Gasteiger partial charge in [-0.15, -0.1) is 0 Å². The van der Waals surface area contributed by atoms with Crippen molar-refractivity contribution in [3.63, 3.8) is 0 Å². The molecule has 1 amide bonds. The Balaban J connectivity index is 1.95. The van der Waals surface area contributed by atoms with Crippen molar-refractivity contribution in [1.82, 2.24) is 10.2 Å². The minimum absolute atomic E-state index is 0.0136. The normalized spacial score (nSPS) is 18.5. The number of benzene rings is 1. The van der Waals surface area contributed by atoms with Crippen LogP contribution in [0.5, 0.6) is 0 Å². The summed E-state index contributed by atoms with van der Waals surface area (Å²) in [6.45, 7) is 5.63. The maximum absolute atomic E-state index is 12.0. The Morgan fingerprint density at radius 3 is 2.74 bits per heavy atom. The van der Waals surface area contributed by atoms with Gasteiger partial charge in [0.25, 0.3) is 0 Å². The first-order valence-electron chi connectivity index (χ1n) is 6.84. The molecule has 0 aliphatic carbocycles. The van der Waals surface area contributed by atoms with E-state index in [-0.39, 0.29) is 11.9 Å². The molecule has 0 bridgehead atoms. The smallest absolute Gasteiger partial charge is 0.237 e. The van der Waals surface area contributed by atoms with Gasteiger partial charge in [-0.1, -0.05) is 24.3 Å². The number of carbonyl (C=O) groups is 1. The van der Waals surface area contributed by atoms with Crippen LogP contribution in [0.2, 0.25) is 0 Å². The molecule has 1 aliphatic heterocycles. The van der Waals surface area contributed by atoms with E-state index in [1.54, 1.807) is 6.92 Å². The Hall–Kier alpha value is -1.39. The van der Waals surface area contributed by atoms with Crippen LogP contribution in [0, 0.1) is 0 Å². The van der Waals surface area contributed by atoms with Crippen LogP contribution in [0.25, 0.3) is 0 Å². The first-order chi connectivity index (χ1) is 9.08. The zero-order valence-electron chi connectivity index (χ0n) is 11.6. The molecule has 0 saturated carbocycles. The summed E-state index contributed by atoms with van der Waals surface area (Å²) >= 11 is 0. The lowest BCUT2D eigenvalue weighted by atomic mass is 9.99. The molecule has 2 atom stereocenters. The van der Waals surface area contributed by atoms with Crippen LogP contribution in [0.15, 0.2) is 24.3 Å². The van der Waals surface area contributed by atoms with Crippen molar-refractivity contribution >= 4 is 5.91 Å². The van der Waals surface area contributed by atoms with Crippen molar-refractivity contribution in [2.24, 2.45) is 0 Å². The molecular formula is C15H22N2O2. The van der Waals surface area contributed by atoms with Gasteiger partial charge in [0.05, 0.1) is 12.1 Å². The second-order valence-corrected chi connectivity index (χ2v) is 5.26. The van der Waals surface area contributed by atoms with E-state index in [1.807, 2.05) is 13.0 Å². The van der Waals surface area contributed by atoms with Gasteiger partial charge in [0.1, 0.15) is 0 Å². The molecule has 4 heteroatoms. The van der Waals surface area contributed by atoms with Gasteiger partial charge in [0.2, 0.25) is 5.91 Å². The third kappa shape index (κ3) is 3.55. The highest BCUT2D eigenvalue weighted by atomic mass is 16.3. The van der Waals surface area contributed by atoms with Gasteiger partial charge < -0.3 is 10.4 Å². The van der Waals surface area contributed by atoms with Gasteiger partial charge in [-0.05, 0) is 31.4 Å². The van der Waals surface area contributed by atoms with Crippen LogP contribution >= 0.6 is 0 Å². The summed E-state index contributed by atoms with van der Waals surface area (Å²) in [6, 6.07) is 8.23. The van der Waals surface area contributed by atoms with Crippen molar-refractivity contribution in [3.8, 4) is 0 Å². The first kappa shape index (κ1) is 14.0. The fourth-order valence-corrected chi connectivity index (χ4v) is 2.41. The van der Waals surface area contributed by atoms with E-state index in [4.69, 9.17) is 0 Å². The monoisotopic (exact) mass is 262 g/mol. The Morgan fingerprint density at radius 2 is 2.05 bits per heavy atom. The van der Waals surface area contributed by atoms with Crippen molar-refractivity contribution in [2.75, 3.05) is 13.1 Å². The predicted molar refractivity (Wildman–Crippen MR) is 74.7 cm³/mol. The average molecular weight is 262 g/mol. The first-order valence-corrected chi connectivity index (χ1v) is 6.84. The van der Waals surface area contributed by atoms with Crippen molar-refractivity contribution < 1.29 is 9.90 Å². The minimum Gasteiger partial charge on any atom is -0.392 e. The molecule has 1 aliphatic rings. The van der Waals surface area contributed by atoms with E-state index in [9.17, 15) is 9.90 Å². The lowest BCUT2D eigenvalue weighted by Crippen LogP contribution is -2.48. The second kappa shape index (κ2) is 6.17. The highest BCUT2D eigenvalue weighted by Gasteiger charge is 2.24. The third-order valence-corrected chi connectivity index (χ3v) is 3.66. The van der Waals surface area contributed by atoms with E-state index in [2.05, 4.69) is 28.4 Å². The molecule has 1 heterocycles. The molecule has 19 heavy (non-hydrogen) atoms. The SMILES string of the molecule is CC(O)CNC(=O)C(C)N1CCc2ccccc2C1. The van der Waals surface area contributed by atoms with Gasteiger partial charge in [-0.25, -0.2) is 0 Å². The summed E-state index contributed by atoms with van der Waals surface area (Å²) in [5.74, 6) is -0.0136. The van der Waals surface area contributed by atoms with Crippen molar-refractivity contribution in [2.45, 2.75) is 39.0 Å². The molecule has 0 aromatic heterocycles. The standard InChI is InChI=1S/C15H22N2O2/c1-11(18)9-16-15(19)12(2)17-8-7-13-5-3-4-6-14(13)10-17/h3-6,11-12,18H,7-10H2,1-2H3,(H,16,19). The van der Waals surface area contributed by atoms with E-state index >= 15 is 0 Å². The quantitative estimate of drug-likeness (QED) is 0.849. The second-order valence-electron chi connectivity index (χ2n) is 5.26. The van der Waals surface area contributed by atoms with Crippen LogP contribution in [-0.2, 0) is 17.8 Å². The molecule has 0 fully saturated rings. The van der Waals surface area contributed by atoms with Crippen LogP contribution in [0.3, 0.4) is 0 Å².